The predicted octanol–water partition coefficient (Wildman–Crippen LogP) is 2.61. The smallest absolute Gasteiger partial charge is 0.338 e. The van der Waals surface area contributed by atoms with E-state index in [0.717, 1.165) is 6.42 Å². The van der Waals surface area contributed by atoms with Crippen LogP contribution in [0, 0.1) is 5.92 Å². The van der Waals surface area contributed by atoms with Crippen LogP contribution in [0.3, 0.4) is 0 Å². The summed E-state index contributed by atoms with van der Waals surface area (Å²) in [4.78, 5) is 56.4. The summed E-state index contributed by atoms with van der Waals surface area (Å²) in [6, 6.07) is 6.87. The van der Waals surface area contributed by atoms with Crippen LogP contribution in [0.5, 0.6) is 0 Å². The van der Waals surface area contributed by atoms with Crippen LogP contribution in [0.4, 0.5) is 17.2 Å². The maximum atomic E-state index is 13.5. The topological polar surface area (TPSA) is 131 Å². The Balaban J connectivity index is 2.44. The van der Waals surface area contributed by atoms with Crippen molar-refractivity contribution < 1.29 is 14.3 Å². The summed E-state index contributed by atoms with van der Waals surface area (Å²) in [7, 11) is 0. The van der Waals surface area contributed by atoms with Gasteiger partial charge < -0.3 is 20.3 Å². The van der Waals surface area contributed by atoms with Crippen LogP contribution in [-0.4, -0.2) is 47.7 Å². The number of ether oxygens (including phenoxy) is 1. The van der Waals surface area contributed by atoms with Gasteiger partial charge in [-0.25, -0.2) is 9.59 Å². The second-order valence-corrected chi connectivity index (χ2v) is 8.68. The average Bonchev–Trinajstić information content (AvgIpc) is 2.82. The molecule has 192 valence electrons. The third kappa shape index (κ3) is 6.97. The Morgan fingerprint density at radius 3 is 2.49 bits per heavy atom. The maximum Gasteiger partial charge on any atom is 0.338 e. The fourth-order valence-corrected chi connectivity index (χ4v) is 3.74. The molecule has 1 amide bonds. The number of rotatable bonds is 12. The molecule has 1 aromatic carbocycles. The number of hydrogen-bond acceptors (Lipinski definition) is 7. The zero-order valence-electron chi connectivity index (χ0n) is 21.3. The number of unbranched alkanes of at least 4 members (excludes halogenated alkanes) is 1. The summed E-state index contributed by atoms with van der Waals surface area (Å²) in [6.07, 6.45) is 1.45. The van der Waals surface area contributed by atoms with Gasteiger partial charge in [-0.2, -0.15) is 0 Å². The largest absolute Gasteiger partial charge is 0.462 e. The van der Waals surface area contributed by atoms with Gasteiger partial charge in [0.2, 0.25) is 5.91 Å². The number of likely N-dealkylation sites (N-methyl/N-ethyl adjacent to an activating group) is 1. The Bertz CT molecular complexity index is 1140. The van der Waals surface area contributed by atoms with Gasteiger partial charge in [0.1, 0.15) is 5.82 Å². The van der Waals surface area contributed by atoms with Crippen LogP contribution in [-0.2, 0) is 16.1 Å². The molecule has 0 fully saturated rings. The first-order valence-electron chi connectivity index (χ1n) is 12.1. The van der Waals surface area contributed by atoms with E-state index in [1.807, 2.05) is 27.7 Å². The van der Waals surface area contributed by atoms with Crippen molar-refractivity contribution in [1.82, 2.24) is 9.55 Å². The number of nitrogen functional groups attached to an aromatic ring is 1. The first-order valence-corrected chi connectivity index (χ1v) is 12.1. The van der Waals surface area contributed by atoms with E-state index in [0.29, 0.717) is 30.8 Å². The van der Waals surface area contributed by atoms with E-state index in [1.54, 1.807) is 36.1 Å². The molecule has 0 aliphatic rings. The molecule has 2 aromatic rings. The molecule has 0 unspecified atom stereocenters. The molecule has 0 saturated carbocycles. The average molecular weight is 488 g/mol. The van der Waals surface area contributed by atoms with Gasteiger partial charge in [-0.15, -0.1) is 0 Å². The second-order valence-electron chi connectivity index (χ2n) is 8.68. The van der Waals surface area contributed by atoms with Gasteiger partial charge in [-0.1, -0.05) is 33.3 Å². The number of benzene rings is 1. The molecule has 0 atom stereocenters. The third-order valence-electron chi connectivity index (χ3n) is 5.50. The SMILES string of the molecule is CCCCN(C(=O)CN(CC)c1cccc(C(=O)OCC)c1)c1c(N)n(CC(C)C)c(=O)[nH]c1=O. The highest BCUT2D eigenvalue weighted by Gasteiger charge is 2.25. The van der Waals surface area contributed by atoms with E-state index in [9.17, 15) is 19.2 Å². The molecule has 0 bridgehead atoms. The van der Waals surface area contributed by atoms with Crippen LogP contribution in [0.25, 0.3) is 0 Å². The van der Waals surface area contributed by atoms with E-state index < -0.39 is 17.2 Å². The first-order chi connectivity index (χ1) is 16.6. The highest BCUT2D eigenvalue weighted by molar-refractivity contribution is 5.98. The highest BCUT2D eigenvalue weighted by atomic mass is 16.5. The molecule has 0 spiro atoms. The van der Waals surface area contributed by atoms with Gasteiger partial charge in [-0.05, 0) is 44.4 Å². The number of carbonyl (C=O) groups excluding carboxylic acids is 2. The molecule has 2 rings (SSSR count). The van der Waals surface area contributed by atoms with Crippen LogP contribution >= 0.6 is 0 Å². The molecule has 1 aromatic heterocycles. The molecular weight excluding hydrogens is 450 g/mol. The Morgan fingerprint density at radius 2 is 1.89 bits per heavy atom. The summed E-state index contributed by atoms with van der Waals surface area (Å²) in [5.74, 6) is -0.693. The Labute approximate surface area is 205 Å². The molecule has 0 saturated heterocycles. The van der Waals surface area contributed by atoms with Gasteiger partial charge >= 0.3 is 11.7 Å². The van der Waals surface area contributed by atoms with Crippen molar-refractivity contribution in [2.45, 2.75) is 54.0 Å². The molecule has 0 radical (unpaired) electrons. The number of nitrogens with zero attached hydrogens (tertiary/aromatic N) is 3. The lowest BCUT2D eigenvalue weighted by Crippen LogP contribution is -2.46. The highest BCUT2D eigenvalue weighted by Crippen LogP contribution is 2.21. The summed E-state index contributed by atoms with van der Waals surface area (Å²) < 4.78 is 6.38. The minimum absolute atomic E-state index is 0.0139. The fraction of sp³-hybridized carbons (Fsp3) is 0.520. The molecular formula is C25H37N5O5. The number of nitrogens with one attached hydrogen (secondary N) is 1. The molecule has 10 nitrogen and oxygen atoms in total. The Morgan fingerprint density at radius 1 is 1.17 bits per heavy atom. The van der Waals surface area contributed by atoms with Crippen LogP contribution in [0.1, 0.15) is 57.8 Å². The molecule has 1 heterocycles. The number of hydrogen-bond donors (Lipinski definition) is 2. The monoisotopic (exact) mass is 487 g/mol. The lowest BCUT2D eigenvalue weighted by atomic mass is 10.2. The minimum atomic E-state index is -0.690. The second kappa shape index (κ2) is 12.8. The Hall–Kier alpha value is -3.56. The maximum absolute atomic E-state index is 13.5. The number of aromatic amines is 1. The number of nitrogens with two attached hydrogens (primary N) is 1. The van der Waals surface area contributed by atoms with Crippen LogP contribution < -0.4 is 26.8 Å². The Kier molecular flexibility index (Phi) is 10.1. The quantitative estimate of drug-likeness (QED) is 0.440. The summed E-state index contributed by atoms with van der Waals surface area (Å²) in [5, 5.41) is 0. The van der Waals surface area contributed by atoms with Crippen molar-refractivity contribution >= 4 is 29.1 Å². The minimum Gasteiger partial charge on any atom is -0.462 e. The number of esters is 1. The lowest BCUT2D eigenvalue weighted by molar-refractivity contribution is -0.117. The zero-order valence-corrected chi connectivity index (χ0v) is 21.3. The third-order valence-corrected chi connectivity index (χ3v) is 5.50. The number of amides is 1. The molecule has 3 N–H and O–H groups in total. The van der Waals surface area contributed by atoms with Gasteiger partial charge in [0.25, 0.3) is 5.56 Å². The standard InChI is InChI=1S/C25H37N5O5/c1-6-9-13-29(21-22(26)30(15-17(4)5)25(34)27-23(21)32)20(31)16-28(7-2)19-12-10-11-18(14-19)24(33)35-8-3/h10-12,14,17H,6-9,13,15-16,26H2,1-5H3,(H,27,32,34). The zero-order chi connectivity index (χ0) is 26.1. The van der Waals surface area contributed by atoms with E-state index >= 15 is 0 Å². The predicted molar refractivity (Wildman–Crippen MR) is 138 cm³/mol. The summed E-state index contributed by atoms with van der Waals surface area (Å²) in [6.45, 7) is 10.8. The molecule has 10 heteroatoms. The van der Waals surface area contributed by atoms with Crippen molar-refractivity contribution in [3.63, 3.8) is 0 Å². The first kappa shape index (κ1) is 27.7. The van der Waals surface area contributed by atoms with Crippen molar-refractivity contribution in [2.24, 2.45) is 5.92 Å². The fourth-order valence-electron chi connectivity index (χ4n) is 3.74. The van der Waals surface area contributed by atoms with Crippen molar-refractivity contribution in [1.29, 1.82) is 0 Å². The van der Waals surface area contributed by atoms with Crippen molar-refractivity contribution in [2.75, 3.05) is 41.8 Å². The van der Waals surface area contributed by atoms with E-state index in [1.165, 1.54) is 9.47 Å². The van der Waals surface area contributed by atoms with Gasteiger partial charge in [0.05, 0.1) is 18.7 Å². The van der Waals surface area contributed by atoms with E-state index in [-0.39, 0.29) is 43.0 Å². The molecule has 35 heavy (non-hydrogen) atoms. The number of carbonyl (C=O) groups is 2. The lowest BCUT2D eigenvalue weighted by Gasteiger charge is -2.29. The molecule has 0 aliphatic heterocycles. The van der Waals surface area contributed by atoms with Crippen molar-refractivity contribution in [3.05, 3.63) is 50.7 Å². The normalized spacial score (nSPS) is 10.9. The van der Waals surface area contributed by atoms with Crippen molar-refractivity contribution in [3.8, 4) is 0 Å². The summed E-state index contributed by atoms with van der Waals surface area (Å²) in [5.41, 5.74) is 6.04. The van der Waals surface area contributed by atoms with Gasteiger partial charge in [0.15, 0.2) is 5.69 Å². The van der Waals surface area contributed by atoms with Gasteiger partial charge in [-0.3, -0.25) is 19.1 Å². The van der Waals surface area contributed by atoms with Crippen LogP contribution in [0.2, 0.25) is 0 Å². The number of H-pyrrole nitrogens is 1. The number of anilines is 3. The van der Waals surface area contributed by atoms with E-state index in [4.69, 9.17) is 10.5 Å². The summed E-state index contributed by atoms with van der Waals surface area (Å²) >= 11 is 0. The van der Waals surface area contributed by atoms with Gasteiger partial charge in [0, 0.05) is 25.3 Å². The van der Waals surface area contributed by atoms with E-state index in [2.05, 4.69) is 4.98 Å². The number of aromatic nitrogens is 2. The van der Waals surface area contributed by atoms with Crippen LogP contribution in [0.15, 0.2) is 33.9 Å². The molecule has 0 aliphatic carbocycles.